The molecule has 1 fully saturated rings. The first-order valence-corrected chi connectivity index (χ1v) is 10.6. The van der Waals surface area contributed by atoms with Crippen LogP contribution in [0.1, 0.15) is 25.3 Å². The Bertz CT molecular complexity index is 875. The molecule has 0 aliphatic carbocycles. The van der Waals surface area contributed by atoms with Crippen LogP contribution in [0.15, 0.2) is 24.3 Å². The van der Waals surface area contributed by atoms with Gasteiger partial charge in [0.2, 0.25) is 11.8 Å². The summed E-state index contributed by atoms with van der Waals surface area (Å²) in [6, 6.07) is 5.61. The second kappa shape index (κ2) is 12.3. The third-order valence-corrected chi connectivity index (χ3v) is 5.02. The van der Waals surface area contributed by atoms with Gasteiger partial charge in [-0.2, -0.15) is 0 Å². The van der Waals surface area contributed by atoms with Crippen molar-refractivity contribution in [3.05, 3.63) is 29.8 Å². The first kappa shape index (κ1) is 25.4. The van der Waals surface area contributed by atoms with Gasteiger partial charge < -0.3 is 36.0 Å². The van der Waals surface area contributed by atoms with E-state index >= 15 is 0 Å². The van der Waals surface area contributed by atoms with E-state index in [0.717, 1.165) is 12.1 Å². The van der Waals surface area contributed by atoms with E-state index in [0.29, 0.717) is 25.1 Å². The van der Waals surface area contributed by atoms with E-state index < -0.39 is 24.0 Å². The lowest BCUT2D eigenvalue weighted by atomic mass is 10.1. The molecule has 1 saturated heterocycles. The molecule has 0 unspecified atom stereocenters. The number of carbonyl (C=O) groups is 4. The quantitative estimate of drug-likeness (QED) is 0.169. The Labute approximate surface area is 191 Å². The number of aliphatic carboxylic acids is 1. The monoisotopic (exact) mass is 462 g/mol. The number of ether oxygens (including phenoxy) is 1. The van der Waals surface area contributed by atoms with Gasteiger partial charge in [-0.15, -0.1) is 0 Å². The number of benzene rings is 1. The zero-order chi connectivity index (χ0) is 24.4. The van der Waals surface area contributed by atoms with Gasteiger partial charge in [0.1, 0.15) is 11.9 Å². The summed E-state index contributed by atoms with van der Waals surface area (Å²) in [7, 11) is 0. The molecule has 0 bridgehead atoms. The van der Waals surface area contributed by atoms with Gasteiger partial charge in [0.15, 0.2) is 0 Å². The van der Waals surface area contributed by atoms with E-state index in [-0.39, 0.29) is 38.0 Å². The Balaban J connectivity index is 1.80. The molecular formula is C21H30N6O6. The van der Waals surface area contributed by atoms with Gasteiger partial charge in [-0.05, 0) is 30.7 Å². The third kappa shape index (κ3) is 7.98. The van der Waals surface area contributed by atoms with Gasteiger partial charge in [0.25, 0.3) is 0 Å². The lowest BCUT2D eigenvalue weighted by Crippen LogP contribution is -2.54. The van der Waals surface area contributed by atoms with Crippen molar-refractivity contribution in [1.29, 1.82) is 5.41 Å². The molecule has 1 heterocycles. The maximum absolute atomic E-state index is 12.5. The first-order chi connectivity index (χ1) is 15.7. The zero-order valence-corrected chi connectivity index (χ0v) is 18.5. The van der Waals surface area contributed by atoms with Crippen molar-refractivity contribution < 1.29 is 29.0 Å². The molecule has 0 radical (unpaired) electrons. The van der Waals surface area contributed by atoms with Crippen molar-refractivity contribution in [3.63, 3.8) is 0 Å². The third-order valence-electron chi connectivity index (χ3n) is 5.02. The number of carboxylic acid groups (broad SMARTS) is 1. The Kier molecular flexibility index (Phi) is 9.45. The highest BCUT2D eigenvalue weighted by Gasteiger charge is 2.27. The average molecular weight is 463 g/mol. The van der Waals surface area contributed by atoms with Crippen molar-refractivity contribution >= 4 is 35.4 Å². The molecule has 12 heteroatoms. The van der Waals surface area contributed by atoms with Crippen molar-refractivity contribution in [2.45, 2.75) is 25.8 Å². The summed E-state index contributed by atoms with van der Waals surface area (Å²) in [6.45, 7) is 2.43. The minimum atomic E-state index is -1.35. The van der Waals surface area contributed by atoms with E-state index in [2.05, 4.69) is 10.6 Å². The Hall–Kier alpha value is -3.83. The van der Waals surface area contributed by atoms with Crippen LogP contribution >= 0.6 is 0 Å². The number of hydrogen-bond donors (Lipinski definition) is 5. The van der Waals surface area contributed by atoms with Gasteiger partial charge in [-0.25, -0.2) is 9.59 Å². The minimum absolute atomic E-state index is 0.0396. The molecule has 3 amide bonds. The second-order valence-electron chi connectivity index (χ2n) is 7.53. The van der Waals surface area contributed by atoms with E-state index in [1.807, 2.05) is 11.8 Å². The van der Waals surface area contributed by atoms with Crippen molar-refractivity contribution in [2.75, 3.05) is 44.2 Å². The van der Waals surface area contributed by atoms with Crippen molar-refractivity contribution in [1.82, 2.24) is 15.5 Å². The van der Waals surface area contributed by atoms with Crippen LogP contribution < -0.4 is 21.3 Å². The molecular weight excluding hydrogens is 432 g/mol. The van der Waals surface area contributed by atoms with E-state index in [1.165, 1.54) is 4.90 Å². The van der Waals surface area contributed by atoms with Crippen LogP contribution in [0.2, 0.25) is 0 Å². The van der Waals surface area contributed by atoms with Crippen LogP contribution in [-0.4, -0.2) is 85.1 Å². The average Bonchev–Trinajstić information content (AvgIpc) is 2.78. The van der Waals surface area contributed by atoms with Gasteiger partial charge in [0, 0.05) is 30.9 Å². The first-order valence-electron chi connectivity index (χ1n) is 10.6. The number of nitrogen functional groups attached to an aromatic ring is 1. The summed E-state index contributed by atoms with van der Waals surface area (Å²) in [5.41, 5.74) is 6.84. The molecule has 180 valence electrons. The largest absolute Gasteiger partial charge is 0.480 e. The molecule has 0 spiro atoms. The molecule has 33 heavy (non-hydrogen) atoms. The summed E-state index contributed by atoms with van der Waals surface area (Å²) in [4.78, 5) is 51.0. The number of amides is 3. The molecule has 1 atom stereocenters. The second-order valence-corrected chi connectivity index (χ2v) is 7.53. The van der Waals surface area contributed by atoms with Gasteiger partial charge in [-0.3, -0.25) is 15.0 Å². The molecule has 0 saturated carbocycles. The fourth-order valence-corrected chi connectivity index (χ4v) is 3.09. The number of amidine groups is 1. The highest BCUT2D eigenvalue weighted by molar-refractivity contribution is 5.95. The normalized spacial score (nSPS) is 14.4. The maximum Gasteiger partial charge on any atom is 0.407 e. The molecule has 1 aliphatic heterocycles. The number of rotatable bonds is 11. The van der Waals surface area contributed by atoms with Crippen LogP contribution in [-0.2, 0) is 19.1 Å². The topological polar surface area (TPSA) is 178 Å². The van der Waals surface area contributed by atoms with Crippen LogP contribution in [0.4, 0.5) is 10.5 Å². The highest BCUT2D eigenvalue weighted by atomic mass is 16.5. The van der Waals surface area contributed by atoms with Gasteiger partial charge in [-0.1, -0.05) is 13.3 Å². The predicted octanol–water partition coefficient (Wildman–Crippen LogP) is -0.285. The van der Waals surface area contributed by atoms with Gasteiger partial charge >= 0.3 is 12.1 Å². The Morgan fingerprint density at radius 3 is 2.52 bits per heavy atom. The summed E-state index contributed by atoms with van der Waals surface area (Å²) < 4.78 is 4.87. The van der Waals surface area contributed by atoms with Crippen LogP contribution in [0.3, 0.4) is 0 Å². The number of alkyl carbamates (subject to hydrolysis) is 1. The number of unbranched alkanes of at least 4 members (excludes halogenated alkanes) is 1. The van der Waals surface area contributed by atoms with E-state index in [4.69, 9.17) is 15.9 Å². The summed E-state index contributed by atoms with van der Waals surface area (Å²) in [5.74, 6) is -2.14. The number of nitrogens with two attached hydrogens (primary N) is 1. The molecule has 12 nitrogen and oxygen atoms in total. The molecule has 1 aliphatic rings. The molecule has 2 rings (SSSR count). The molecule has 0 aromatic heterocycles. The number of anilines is 1. The lowest BCUT2D eigenvalue weighted by Gasteiger charge is -2.35. The number of nitrogens with one attached hydrogen (secondary N) is 3. The Morgan fingerprint density at radius 1 is 1.24 bits per heavy atom. The predicted molar refractivity (Wildman–Crippen MR) is 120 cm³/mol. The number of hydrogen-bond acceptors (Lipinski definition) is 7. The van der Waals surface area contributed by atoms with Crippen LogP contribution in [0.5, 0.6) is 0 Å². The van der Waals surface area contributed by atoms with E-state index in [9.17, 15) is 24.3 Å². The fraction of sp³-hybridized carbons (Fsp3) is 0.476. The number of nitrogens with zero attached hydrogens (tertiary/aromatic N) is 2. The standard InChI is InChI=1S/C21H30N6O6/c1-2-3-10-33-21(32)25-16(20(30)31)11-24-17(28)12-27-9-8-26(13-18(27)29)15-6-4-14(5-7-15)19(22)23/h4-7,16H,2-3,8-13H2,1H3,(H3,22,23)(H,24,28)(H,25,32)(H,30,31)/t16-/m0/s1. The SMILES string of the molecule is CCCCOC(=O)N[C@@H](CNC(=O)CN1CCN(c2ccc(C(=N)N)cc2)CC1=O)C(=O)O. The fourth-order valence-electron chi connectivity index (χ4n) is 3.09. The maximum atomic E-state index is 12.5. The number of piperazine rings is 1. The Morgan fingerprint density at radius 2 is 1.94 bits per heavy atom. The van der Waals surface area contributed by atoms with Crippen LogP contribution in [0.25, 0.3) is 0 Å². The number of carbonyl (C=O) groups excluding carboxylic acids is 3. The van der Waals surface area contributed by atoms with Crippen molar-refractivity contribution in [2.24, 2.45) is 5.73 Å². The van der Waals surface area contributed by atoms with Crippen LogP contribution in [0, 0.1) is 5.41 Å². The molecule has 1 aromatic rings. The summed E-state index contributed by atoms with van der Waals surface area (Å²) >= 11 is 0. The minimum Gasteiger partial charge on any atom is -0.480 e. The molecule has 1 aromatic carbocycles. The summed E-state index contributed by atoms with van der Waals surface area (Å²) in [5, 5.41) is 21.3. The van der Waals surface area contributed by atoms with E-state index in [1.54, 1.807) is 24.3 Å². The molecule has 6 N–H and O–H groups in total. The highest BCUT2D eigenvalue weighted by Crippen LogP contribution is 2.17. The number of carboxylic acids is 1. The van der Waals surface area contributed by atoms with Crippen molar-refractivity contribution in [3.8, 4) is 0 Å². The van der Waals surface area contributed by atoms with Gasteiger partial charge in [0.05, 0.1) is 19.7 Å². The zero-order valence-electron chi connectivity index (χ0n) is 18.5. The lowest BCUT2D eigenvalue weighted by molar-refractivity contribution is -0.140. The summed E-state index contributed by atoms with van der Waals surface area (Å²) in [6.07, 6.45) is 0.616. The smallest absolute Gasteiger partial charge is 0.407 e.